The zero-order valence-electron chi connectivity index (χ0n) is 13.1. The van der Waals surface area contributed by atoms with E-state index in [0.717, 1.165) is 36.1 Å². The van der Waals surface area contributed by atoms with Crippen molar-refractivity contribution in [3.63, 3.8) is 0 Å². The zero-order chi connectivity index (χ0) is 15.6. The van der Waals surface area contributed by atoms with E-state index in [1.54, 1.807) is 0 Å². The van der Waals surface area contributed by atoms with Crippen LogP contribution in [-0.2, 0) is 5.54 Å². The summed E-state index contributed by atoms with van der Waals surface area (Å²) in [4.78, 5) is 12.4. The van der Waals surface area contributed by atoms with Crippen LogP contribution in [0.25, 0.3) is 0 Å². The van der Waals surface area contributed by atoms with Gasteiger partial charge in [-0.3, -0.25) is 0 Å². The van der Waals surface area contributed by atoms with Crippen LogP contribution in [0.2, 0.25) is 0 Å². The lowest BCUT2D eigenvalue weighted by atomic mass is 9.72. The Balaban J connectivity index is 1.73. The number of nitrogens with one attached hydrogen (secondary N) is 2. The summed E-state index contributed by atoms with van der Waals surface area (Å²) in [6, 6.07) is 16.2. The summed E-state index contributed by atoms with van der Waals surface area (Å²) >= 11 is 0. The minimum atomic E-state index is -0.204. The third-order valence-electron chi connectivity index (χ3n) is 4.37. The molecule has 0 radical (unpaired) electrons. The van der Waals surface area contributed by atoms with E-state index in [9.17, 15) is 4.79 Å². The van der Waals surface area contributed by atoms with Gasteiger partial charge in [-0.15, -0.1) is 0 Å². The number of aryl methyl sites for hydroxylation is 2. The second-order valence-electron chi connectivity index (χ2n) is 6.26. The van der Waals surface area contributed by atoms with Crippen LogP contribution in [0.15, 0.2) is 48.5 Å². The topological polar surface area (TPSA) is 41.1 Å². The minimum Gasteiger partial charge on any atom is -0.328 e. The first-order chi connectivity index (χ1) is 10.6. The molecule has 0 aromatic heterocycles. The maximum absolute atomic E-state index is 12.4. The molecule has 22 heavy (non-hydrogen) atoms. The van der Waals surface area contributed by atoms with Gasteiger partial charge < -0.3 is 10.6 Å². The number of hydrogen-bond acceptors (Lipinski definition) is 1. The lowest BCUT2D eigenvalue weighted by Crippen LogP contribution is -2.52. The van der Waals surface area contributed by atoms with E-state index in [0.29, 0.717) is 0 Å². The predicted molar refractivity (Wildman–Crippen MR) is 90.0 cm³/mol. The molecule has 0 unspecified atom stereocenters. The lowest BCUT2D eigenvalue weighted by molar-refractivity contribution is 0.185. The van der Waals surface area contributed by atoms with Gasteiger partial charge in [0, 0.05) is 5.69 Å². The molecule has 0 atom stereocenters. The fraction of sp³-hybridized carbons (Fsp3) is 0.316. The van der Waals surface area contributed by atoms with E-state index in [2.05, 4.69) is 28.8 Å². The summed E-state index contributed by atoms with van der Waals surface area (Å²) in [5.74, 6) is 0. The molecule has 3 nitrogen and oxygen atoms in total. The molecule has 1 aliphatic rings. The van der Waals surface area contributed by atoms with Crippen LogP contribution < -0.4 is 10.6 Å². The molecular formula is C19H22N2O. The highest BCUT2D eigenvalue weighted by molar-refractivity contribution is 5.90. The molecule has 2 amide bonds. The molecule has 1 fully saturated rings. The van der Waals surface area contributed by atoms with Gasteiger partial charge >= 0.3 is 6.03 Å². The monoisotopic (exact) mass is 294 g/mol. The smallest absolute Gasteiger partial charge is 0.319 e. The number of carbonyl (C=O) groups is 1. The second-order valence-corrected chi connectivity index (χ2v) is 6.26. The molecule has 2 N–H and O–H groups in total. The number of carbonyl (C=O) groups excluding carboxylic acids is 1. The van der Waals surface area contributed by atoms with E-state index in [4.69, 9.17) is 0 Å². The van der Waals surface area contributed by atoms with Crippen LogP contribution in [0.1, 0.15) is 36.0 Å². The number of amides is 2. The van der Waals surface area contributed by atoms with E-state index in [1.165, 1.54) is 5.56 Å². The molecule has 1 aliphatic carbocycles. The summed E-state index contributed by atoms with van der Waals surface area (Å²) < 4.78 is 0. The predicted octanol–water partition coefficient (Wildman–Crippen LogP) is 4.50. The summed E-state index contributed by atoms with van der Waals surface area (Å²) in [6.45, 7) is 4.07. The van der Waals surface area contributed by atoms with Gasteiger partial charge in [0.05, 0.1) is 5.54 Å². The molecule has 3 rings (SSSR count). The van der Waals surface area contributed by atoms with Gasteiger partial charge in [-0.25, -0.2) is 4.79 Å². The normalized spacial score (nSPS) is 15.7. The quantitative estimate of drug-likeness (QED) is 0.859. The highest BCUT2D eigenvalue weighted by Gasteiger charge is 2.39. The SMILES string of the molecule is Cc1cc(C)cc(NC(=O)NC2(c3ccccc3)CCC2)c1. The number of hydrogen-bond donors (Lipinski definition) is 2. The average Bonchev–Trinajstić information content (AvgIpc) is 2.42. The Morgan fingerprint density at radius 2 is 1.64 bits per heavy atom. The van der Waals surface area contributed by atoms with Crippen molar-refractivity contribution in [2.75, 3.05) is 5.32 Å². The van der Waals surface area contributed by atoms with Crippen molar-refractivity contribution >= 4 is 11.7 Å². The summed E-state index contributed by atoms with van der Waals surface area (Å²) in [5.41, 5.74) is 4.13. The van der Waals surface area contributed by atoms with Crippen LogP contribution in [0, 0.1) is 13.8 Å². The van der Waals surface area contributed by atoms with Gasteiger partial charge in [-0.1, -0.05) is 36.4 Å². The van der Waals surface area contributed by atoms with E-state index >= 15 is 0 Å². The molecule has 0 aliphatic heterocycles. The van der Waals surface area contributed by atoms with Crippen molar-refractivity contribution in [3.05, 3.63) is 65.2 Å². The molecule has 3 heteroatoms. The van der Waals surface area contributed by atoms with Gasteiger partial charge in [-0.2, -0.15) is 0 Å². The van der Waals surface area contributed by atoms with Crippen molar-refractivity contribution in [1.29, 1.82) is 0 Å². The van der Waals surface area contributed by atoms with Crippen molar-refractivity contribution < 1.29 is 4.79 Å². The fourth-order valence-electron chi connectivity index (χ4n) is 3.20. The van der Waals surface area contributed by atoms with Crippen molar-refractivity contribution in [2.45, 2.75) is 38.6 Å². The van der Waals surface area contributed by atoms with Crippen LogP contribution in [0.4, 0.5) is 10.5 Å². The standard InChI is InChI=1S/C19H22N2O/c1-14-11-15(2)13-17(12-14)20-18(22)21-19(9-6-10-19)16-7-4-3-5-8-16/h3-5,7-8,11-13H,6,9-10H2,1-2H3,(H2,20,21,22). The highest BCUT2D eigenvalue weighted by Crippen LogP contribution is 2.41. The van der Waals surface area contributed by atoms with Crippen molar-refractivity contribution in [2.24, 2.45) is 0 Å². The Morgan fingerprint density at radius 3 is 2.18 bits per heavy atom. The molecule has 2 aromatic carbocycles. The summed E-state index contributed by atoms with van der Waals surface area (Å²) in [5, 5.41) is 6.15. The number of anilines is 1. The Kier molecular flexibility index (Phi) is 3.88. The first kappa shape index (κ1) is 14.6. The molecule has 0 saturated heterocycles. The largest absolute Gasteiger partial charge is 0.328 e. The Labute approximate surface area is 131 Å². The lowest BCUT2D eigenvalue weighted by Gasteiger charge is -2.43. The van der Waals surface area contributed by atoms with Crippen molar-refractivity contribution in [1.82, 2.24) is 5.32 Å². The number of urea groups is 1. The van der Waals surface area contributed by atoms with Gasteiger partial charge in [-0.05, 0) is 61.9 Å². The molecule has 0 bridgehead atoms. The van der Waals surface area contributed by atoms with Crippen LogP contribution in [0.3, 0.4) is 0 Å². The van der Waals surface area contributed by atoms with E-state index < -0.39 is 0 Å². The fourth-order valence-corrected chi connectivity index (χ4v) is 3.20. The first-order valence-corrected chi connectivity index (χ1v) is 7.80. The molecule has 1 saturated carbocycles. The number of benzene rings is 2. The van der Waals surface area contributed by atoms with Gasteiger partial charge in [0.2, 0.25) is 0 Å². The Morgan fingerprint density at radius 1 is 1.00 bits per heavy atom. The second kappa shape index (κ2) is 5.84. The zero-order valence-corrected chi connectivity index (χ0v) is 13.1. The van der Waals surface area contributed by atoms with Crippen LogP contribution in [-0.4, -0.2) is 6.03 Å². The molecule has 0 heterocycles. The third kappa shape index (κ3) is 2.98. The van der Waals surface area contributed by atoms with E-state index in [-0.39, 0.29) is 11.6 Å². The minimum absolute atomic E-state index is 0.131. The average molecular weight is 294 g/mol. The molecule has 114 valence electrons. The number of rotatable bonds is 3. The highest BCUT2D eigenvalue weighted by atomic mass is 16.2. The first-order valence-electron chi connectivity index (χ1n) is 7.80. The third-order valence-corrected chi connectivity index (χ3v) is 4.37. The van der Waals surface area contributed by atoms with Crippen LogP contribution in [0.5, 0.6) is 0 Å². The maximum Gasteiger partial charge on any atom is 0.319 e. The van der Waals surface area contributed by atoms with Gasteiger partial charge in [0.1, 0.15) is 0 Å². The van der Waals surface area contributed by atoms with Crippen LogP contribution >= 0.6 is 0 Å². The van der Waals surface area contributed by atoms with Gasteiger partial charge in [0.25, 0.3) is 0 Å². The molecule has 2 aromatic rings. The van der Waals surface area contributed by atoms with Gasteiger partial charge in [0.15, 0.2) is 0 Å². The molecular weight excluding hydrogens is 272 g/mol. The Hall–Kier alpha value is -2.29. The van der Waals surface area contributed by atoms with E-state index in [1.807, 2.05) is 44.2 Å². The summed E-state index contributed by atoms with van der Waals surface area (Å²) in [6.07, 6.45) is 3.15. The Bertz CT molecular complexity index is 655. The molecule has 0 spiro atoms. The van der Waals surface area contributed by atoms with Crippen molar-refractivity contribution in [3.8, 4) is 0 Å². The summed E-state index contributed by atoms with van der Waals surface area (Å²) in [7, 11) is 0. The maximum atomic E-state index is 12.4.